The monoisotopic (exact) mass is 160 g/mol. The molecule has 0 aromatic rings. The van der Waals surface area contributed by atoms with Gasteiger partial charge in [0.25, 0.3) is 0 Å². The highest BCUT2D eigenvalue weighted by atomic mass is 14.3. The Kier molecular flexibility index (Phi) is 2.16. The summed E-state index contributed by atoms with van der Waals surface area (Å²) in [7, 11) is 0. The van der Waals surface area contributed by atoms with Gasteiger partial charge in [0.2, 0.25) is 0 Å². The Morgan fingerprint density at radius 2 is 2.25 bits per heavy atom. The van der Waals surface area contributed by atoms with Crippen molar-refractivity contribution >= 4 is 0 Å². The first-order chi connectivity index (χ1) is 5.92. The van der Waals surface area contributed by atoms with Gasteiger partial charge in [0.05, 0.1) is 0 Å². The van der Waals surface area contributed by atoms with Crippen LogP contribution in [-0.4, -0.2) is 0 Å². The maximum atomic E-state index is 2.33. The van der Waals surface area contributed by atoms with Crippen LogP contribution in [0.4, 0.5) is 0 Å². The van der Waals surface area contributed by atoms with Crippen molar-refractivity contribution in [2.24, 2.45) is 11.8 Å². The molecule has 0 amide bonds. The summed E-state index contributed by atoms with van der Waals surface area (Å²) < 4.78 is 0. The normalized spacial score (nSPS) is 32.9. The second-order valence-electron chi connectivity index (χ2n) is 3.74. The van der Waals surface area contributed by atoms with Crippen molar-refractivity contribution in [2.75, 3.05) is 0 Å². The van der Waals surface area contributed by atoms with Crippen LogP contribution in [0.25, 0.3) is 0 Å². The molecule has 0 radical (unpaired) electrons. The molecular formula is C12H16. The van der Waals surface area contributed by atoms with Gasteiger partial charge in [-0.3, -0.25) is 0 Å². The van der Waals surface area contributed by atoms with Gasteiger partial charge >= 0.3 is 0 Å². The lowest BCUT2D eigenvalue weighted by Crippen LogP contribution is -2.19. The molecule has 2 atom stereocenters. The molecule has 2 rings (SSSR count). The summed E-state index contributed by atoms with van der Waals surface area (Å²) in [6.45, 7) is 2.31. The first-order valence-corrected chi connectivity index (χ1v) is 4.95. The third kappa shape index (κ3) is 1.26. The molecule has 0 fully saturated rings. The molecule has 0 nitrogen and oxygen atoms in total. The predicted octanol–water partition coefficient (Wildman–Crippen LogP) is 3.48. The van der Waals surface area contributed by atoms with E-state index in [0.717, 1.165) is 11.8 Å². The van der Waals surface area contributed by atoms with E-state index < -0.39 is 0 Å². The van der Waals surface area contributed by atoms with E-state index in [-0.39, 0.29) is 0 Å². The zero-order valence-corrected chi connectivity index (χ0v) is 7.66. The molecule has 0 aliphatic heterocycles. The first-order valence-electron chi connectivity index (χ1n) is 4.95. The molecular weight excluding hydrogens is 144 g/mol. The Morgan fingerprint density at radius 1 is 1.33 bits per heavy atom. The summed E-state index contributed by atoms with van der Waals surface area (Å²) in [5.41, 5.74) is 1.55. The molecule has 0 aromatic carbocycles. The molecule has 0 aromatic heterocycles. The fraction of sp³-hybridized carbons (Fsp3) is 0.500. The Labute approximate surface area is 74.7 Å². The Morgan fingerprint density at radius 3 is 3.08 bits per heavy atom. The van der Waals surface area contributed by atoms with E-state index in [1.54, 1.807) is 5.57 Å². The summed E-state index contributed by atoms with van der Waals surface area (Å²) in [5.74, 6) is 1.72. The van der Waals surface area contributed by atoms with Gasteiger partial charge in [0.15, 0.2) is 0 Å². The third-order valence-electron chi connectivity index (χ3n) is 3.09. The van der Waals surface area contributed by atoms with E-state index in [9.17, 15) is 0 Å². The molecule has 2 aliphatic carbocycles. The summed E-state index contributed by atoms with van der Waals surface area (Å²) in [6, 6.07) is 0. The minimum Gasteiger partial charge on any atom is -0.0840 e. The second-order valence-corrected chi connectivity index (χ2v) is 3.74. The van der Waals surface area contributed by atoms with Crippen LogP contribution in [0.1, 0.15) is 26.2 Å². The van der Waals surface area contributed by atoms with Gasteiger partial charge in [-0.2, -0.15) is 0 Å². The summed E-state index contributed by atoms with van der Waals surface area (Å²) in [6.07, 6.45) is 15.3. The van der Waals surface area contributed by atoms with Crippen LogP contribution in [0.15, 0.2) is 36.0 Å². The molecule has 0 heterocycles. The first kappa shape index (κ1) is 7.85. The van der Waals surface area contributed by atoms with Crippen LogP contribution in [0.2, 0.25) is 0 Å². The van der Waals surface area contributed by atoms with Gasteiger partial charge in [-0.1, -0.05) is 43.7 Å². The van der Waals surface area contributed by atoms with Crippen LogP contribution < -0.4 is 0 Å². The van der Waals surface area contributed by atoms with Gasteiger partial charge in [0.1, 0.15) is 0 Å². The van der Waals surface area contributed by atoms with E-state index in [1.165, 1.54) is 19.3 Å². The van der Waals surface area contributed by atoms with Crippen molar-refractivity contribution in [3.05, 3.63) is 36.0 Å². The summed E-state index contributed by atoms with van der Waals surface area (Å²) in [5, 5.41) is 0. The van der Waals surface area contributed by atoms with E-state index in [1.807, 2.05) is 0 Å². The van der Waals surface area contributed by atoms with E-state index in [0.29, 0.717) is 0 Å². The minimum atomic E-state index is 0.824. The Hall–Kier alpha value is -0.780. The minimum absolute atomic E-state index is 0.824. The van der Waals surface area contributed by atoms with Crippen LogP contribution in [0, 0.1) is 11.8 Å². The average Bonchev–Trinajstić information content (AvgIpc) is 2.17. The van der Waals surface area contributed by atoms with E-state index in [2.05, 4.69) is 37.3 Å². The number of fused-ring (bicyclic) bond motifs is 1. The van der Waals surface area contributed by atoms with Crippen LogP contribution in [0.5, 0.6) is 0 Å². The van der Waals surface area contributed by atoms with Gasteiger partial charge in [-0.05, 0) is 30.3 Å². The number of hydrogen-bond acceptors (Lipinski definition) is 0. The van der Waals surface area contributed by atoms with Crippen molar-refractivity contribution in [2.45, 2.75) is 26.2 Å². The smallest absolute Gasteiger partial charge is 0.00962 e. The van der Waals surface area contributed by atoms with Gasteiger partial charge < -0.3 is 0 Å². The maximum absolute atomic E-state index is 2.33. The maximum Gasteiger partial charge on any atom is -0.00962 e. The lowest BCUT2D eigenvalue weighted by Gasteiger charge is -2.30. The van der Waals surface area contributed by atoms with Gasteiger partial charge in [0, 0.05) is 0 Å². The number of allylic oxidation sites excluding steroid dienone is 6. The molecule has 0 saturated heterocycles. The van der Waals surface area contributed by atoms with E-state index >= 15 is 0 Å². The van der Waals surface area contributed by atoms with E-state index in [4.69, 9.17) is 0 Å². The molecule has 0 bridgehead atoms. The Balaban J connectivity index is 2.23. The summed E-state index contributed by atoms with van der Waals surface area (Å²) >= 11 is 0. The zero-order chi connectivity index (χ0) is 8.39. The fourth-order valence-electron chi connectivity index (χ4n) is 2.30. The highest BCUT2D eigenvalue weighted by molar-refractivity contribution is 5.33. The number of rotatable bonds is 1. The van der Waals surface area contributed by atoms with Crippen LogP contribution >= 0.6 is 0 Å². The molecule has 12 heavy (non-hydrogen) atoms. The lowest BCUT2D eigenvalue weighted by molar-refractivity contribution is 0.365. The largest absolute Gasteiger partial charge is 0.0840 e. The lowest BCUT2D eigenvalue weighted by atomic mass is 9.75. The van der Waals surface area contributed by atoms with Crippen molar-refractivity contribution in [1.82, 2.24) is 0 Å². The van der Waals surface area contributed by atoms with Crippen molar-refractivity contribution in [1.29, 1.82) is 0 Å². The van der Waals surface area contributed by atoms with Crippen LogP contribution in [-0.2, 0) is 0 Å². The quantitative estimate of drug-likeness (QED) is 0.551. The molecule has 0 spiro atoms. The SMILES string of the molecule is CCC1CC=CC2=CC=CCC21. The van der Waals surface area contributed by atoms with Gasteiger partial charge in [-0.25, -0.2) is 0 Å². The molecule has 2 aliphatic rings. The fourth-order valence-corrected chi connectivity index (χ4v) is 2.30. The van der Waals surface area contributed by atoms with Crippen molar-refractivity contribution in [3.8, 4) is 0 Å². The van der Waals surface area contributed by atoms with Crippen molar-refractivity contribution in [3.63, 3.8) is 0 Å². The third-order valence-corrected chi connectivity index (χ3v) is 3.09. The Bertz CT molecular complexity index is 243. The number of hydrogen-bond donors (Lipinski definition) is 0. The molecule has 64 valence electrons. The average molecular weight is 160 g/mol. The summed E-state index contributed by atoms with van der Waals surface area (Å²) in [4.78, 5) is 0. The van der Waals surface area contributed by atoms with Gasteiger partial charge in [-0.15, -0.1) is 0 Å². The van der Waals surface area contributed by atoms with Crippen LogP contribution in [0.3, 0.4) is 0 Å². The molecule has 2 unspecified atom stereocenters. The highest BCUT2D eigenvalue weighted by Gasteiger charge is 2.24. The zero-order valence-electron chi connectivity index (χ0n) is 7.66. The highest BCUT2D eigenvalue weighted by Crippen LogP contribution is 2.36. The predicted molar refractivity (Wildman–Crippen MR) is 52.9 cm³/mol. The standard InChI is InChI=1S/C12H16/c1-2-10-7-5-8-11-6-3-4-9-12(10)11/h3-6,8,10,12H,2,7,9H2,1H3. The second kappa shape index (κ2) is 3.30. The topological polar surface area (TPSA) is 0 Å². The van der Waals surface area contributed by atoms with Crippen molar-refractivity contribution < 1.29 is 0 Å². The molecule has 0 heteroatoms. The molecule has 0 N–H and O–H groups in total. The molecule has 0 saturated carbocycles.